The molecular weight excluding hydrogens is 170 g/mol. The highest BCUT2D eigenvalue weighted by molar-refractivity contribution is 5.14. The Hall–Kier alpha value is -0.300. The number of rotatable bonds is 3. The minimum absolute atomic E-state index is 0.846. The average molecular weight is 189 g/mol. The summed E-state index contributed by atoms with van der Waals surface area (Å²) in [5, 5.41) is 3.90. The minimum atomic E-state index is 0.846. The van der Waals surface area contributed by atoms with Crippen molar-refractivity contribution in [1.29, 1.82) is 0 Å². The third kappa shape index (κ3) is 1.18. The quantitative estimate of drug-likeness (QED) is 0.672. The van der Waals surface area contributed by atoms with Gasteiger partial charge in [-0.2, -0.15) is 0 Å². The zero-order valence-electron chi connectivity index (χ0n) is 8.65. The molecule has 14 heavy (non-hydrogen) atoms. The van der Waals surface area contributed by atoms with E-state index in [1.54, 1.807) is 0 Å². The Morgan fingerprint density at radius 3 is 2.50 bits per heavy atom. The van der Waals surface area contributed by atoms with Gasteiger partial charge in [-0.3, -0.25) is 0 Å². The molecule has 4 rings (SSSR count). The van der Waals surface area contributed by atoms with Crippen LogP contribution in [0, 0.1) is 23.7 Å². The molecule has 3 fully saturated rings. The summed E-state index contributed by atoms with van der Waals surface area (Å²) in [6.45, 7) is 0. The van der Waals surface area contributed by atoms with Gasteiger partial charge in [-0.1, -0.05) is 12.2 Å². The van der Waals surface area contributed by atoms with Crippen molar-refractivity contribution in [3.8, 4) is 0 Å². The Balaban J connectivity index is 1.36. The zero-order chi connectivity index (χ0) is 9.12. The van der Waals surface area contributed by atoms with Crippen molar-refractivity contribution < 1.29 is 0 Å². The van der Waals surface area contributed by atoms with E-state index in [4.69, 9.17) is 0 Å². The molecule has 0 aromatic heterocycles. The van der Waals surface area contributed by atoms with E-state index in [2.05, 4.69) is 17.5 Å². The van der Waals surface area contributed by atoms with Gasteiger partial charge >= 0.3 is 0 Å². The highest BCUT2D eigenvalue weighted by Gasteiger charge is 2.49. The van der Waals surface area contributed by atoms with Crippen LogP contribution in [0.5, 0.6) is 0 Å². The van der Waals surface area contributed by atoms with E-state index in [-0.39, 0.29) is 0 Å². The number of hydrogen-bond acceptors (Lipinski definition) is 1. The Morgan fingerprint density at radius 1 is 0.929 bits per heavy atom. The fourth-order valence-corrected chi connectivity index (χ4v) is 3.70. The molecule has 0 aliphatic heterocycles. The van der Waals surface area contributed by atoms with Crippen LogP contribution in [0.2, 0.25) is 0 Å². The summed E-state index contributed by atoms with van der Waals surface area (Å²) in [6, 6.07) is 1.76. The minimum Gasteiger partial charge on any atom is -0.310 e. The highest BCUT2D eigenvalue weighted by atomic mass is 15.0. The largest absolute Gasteiger partial charge is 0.310 e. The lowest BCUT2D eigenvalue weighted by molar-refractivity contribution is 0.430. The molecule has 1 N–H and O–H groups in total. The van der Waals surface area contributed by atoms with Gasteiger partial charge in [0.05, 0.1) is 0 Å². The Kier molecular flexibility index (Phi) is 1.49. The van der Waals surface area contributed by atoms with Crippen LogP contribution in [0.4, 0.5) is 0 Å². The molecule has 76 valence electrons. The molecule has 0 radical (unpaired) electrons. The van der Waals surface area contributed by atoms with E-state index >= 15 is 0 Å². The van der Waals surface area contributed by atoms with Crippen LogP contribution in [0.3, 0.4) is 0 Å². The molecule has 5 atom stereocenters. The lowest BCUT2D eigenvalue weighted by Crippen LogP contribution is -2.35. The van der Waals surface area contributed by atoms with E-state index in [1.165, 1.54) is 32.1 Å². The molecule has 0 saturated heterocycles. The first-order valence-electron chi connectivity index (χ1n) is 6.34. The van der Waals surface area contributed by atoms with E-state index in [1.807, 2.05) is 0 Å². The lowest BCUT2D eigenvalue weighted by atomic mass is 10.0. The maximum atomic E-state index is 3.90. The molecule has 1 heteroatoms. The van der Waals surface area contributed by atoms with Crippen molar-refractivity contribution >= 4 is 0 Å². The molecule has 0 aromatic rings. The summed E-state index contributed by atoms with van der Waals surface area (Å²) in [5.41, 5.74) is 0. The number of hydrogen-bond donors (Lipinski definition) is 1. The highest BCUT2D eigenvalue weighted by Crippen LogP contribution is 2.51. The maximum Gasteiger partial charge on any atom is 0.0138 e. The molecular formula is C13H19N. The van der Waals surface area contributed by atoms with Gasteiger partial charge < -0.3 is 5.32 Å². The molecule has 0 aromatic carbocycles. The molecule has 4 aliphatic rings. The van der Waals surface area contributed by atoms with Gasteiger partial charge in [0.1, 0.15) is 0 Å². The van der Waals surface area contributed by atoms with Gasteiger partial charge in [0, 0.05) is 12.1 Å². The van der Waals surface area contributed by atoms with Crippen molar-refractivity contribution in [2.45, 2.75) is 44.2 Å². The molecule has 3 saturated carbocycles. The van der Waals surface area contributed by atoms with Gasteiger partial charge in [-0.05, 0) is 55.8 Å². The summed E-state index contributed by atoms with van der Waals surface area (Å²) in [5.74, 6) is 4.02. The standard InChI is InChI=1S/C13H19N/c1-2-10-5-8(1)6-12(10)14-13-7-11(13)9-3-4-9/h1-2,8-14H,3-7H2/t8-,10+,11?,12?,13?/m1/s1. The predicted octanol–water partition coefficient (Wildman–Crippen LogP) is 2.34. The molecule has 3 unspecified atom stereocenters. The van der Waals surface area contributed by atoms with E-state index in [9.17, 15) is 0 Å². The summed E-state index contributed by atoms with van der Waals surface area (Å²) in [6.07, 6.45) is 12.3. The lowest BCUT2D eigenvalue weighted by Gasteiger charge is -2.19. The third-order valence-corrected chi connectivity index (χ3v) is 4.77. The molecule has 2 bridgehead atoms. The summed E-state index contributed by atoms with van der Waals surface area (Å²) >= 11 is 0. The number of allylic oxidation sites excluding steroid dienone is 1. The first-order valence-corrected chi connectivity index (χ1v) is 6.34. The summed E-state index contributed by atoms with van der Waals surface area (Å²) in [7, 11) is 0. The maximum absolute atomic E-state index is 3.90. The van der Waals surface area contributed by atoms with Gasteiger partial charge in [0.15, 0.2) is 0 Å². The second kappa shape index (κ2) is 2.63. The van der Waals surface area contributed by atoms with Crippen LogP contribution < -0.4 is 5.32 Å². The summed E-state index contributed by atoms with van der Waals surface area (Å²) < 4.78 is 0. The van der Waals surface area contributed by atoms with Crippen molar-refractivity contribution in [3.63, 3.8) is 0 Å². The van der Waals surface area contributed by atoms with Crippen molar-refractivity contribution in [2.75, 3.05) is 0 Å². The predicted molar refractivity (Wildman–Crippen MR) is 56.9 cm³/mol. The van der Waals surface area contributed by atoms with Gasteiger partial charge in [-0.15, -0.1) is 0 Å². The van der Waals surface area contributed by atoms with E-state index in [0.29, 0.717) is 0 Å². The average Bonchev–Trinajstić information content (AvgIpc) is 3.05. The molecule has 0 heterocycles. The fraction of sp³-hybridized carbons (Fsp3) is 0.846. The van der Waals surface area contributed by atoms with Crippen molar-refractivity contribution in [2.24, 2.45) is 23.7 Å². The topological polar surface area (TPSA) is 12.0 Å². The van der Waals surface area contributed by atoms with Gasteiger partial charge in [-0.25, -0.2) is 0 Å². The number of nitrogens with one attached hydrogen (secondary N) is 1. The SMILES string of the molecule is C1=C[C@H]2C[C@@H]1CC2NC1CC1C1CC1. The van der Waals surface area contributed by atoms with Gasteiger partial charge in [0.2, 0.25) is 0 Å². The molecule has 1 nitrogen and oxygen atoms in total. The normalized spacial score (nSPS) is 54.1. The van der Waals surface area contributed by atoms with Crippen LogP contribution in [0.25, 0.3) is 0 Å². The molecule has 4 aliphatic carbocycles. The van der Waals surface area contributed by atoms with Crippen LogP contribution >= 0.6 is 0 Å². The van der Waals surface area contributed by atoms with Crippen LogP contribution in [-0.4, -0.2) is 12.1 Å². The van der Waals surface area contributed by atoms with Gasteiger partial charge in [0.25, 0.3) is 0 Å². The Bertz CT molecular complexity index is 279. The molecule has 0 spiro atoms. The first-order chi connectivity index (χ1) is 6.90. The van der Waals surface area contributed by atoms with Crippen molar-refractivity contribution in [3.05, 3.63) is 12.2 Å². The smallest absolute Gasteiger partial charge is 0.0138 e. The number of fused-ring (bicyclic) bond motifs is 2. The zero-order valence-corrected chi connectivity index (χ0v) is 8.65. The third-order valence-electron chi connectivity index (χ3n) is 4.77. The summed E-state index contributed by atoms with van der Waals surface area (Å²) in [4.78, 5) is 0. The van der Waals surface area contributed by atoms with Crippen LogP contribution in [-0.2, 0) is 0 Å². The van der Waals surface area contributed by atoms with Crippen LogP contribution in [0.15, 0.2) is 12.2 Å². The van der Waals surface area contributed by atoms with E-state index in [0.717, 1.165) is 35.8 Å². The monoisotopic (exact) mass is 189 g/mol. The molecule has 0 amide bonds. The Morgan fingerprint density at radius 2 is 1.86 bits per heavy atom. The fourth-order valence-electron chi connectivity index (χ4n) is 3.70. The van der Waals surface area contributed by atoms with Crippen molar-refractivity contribution in [1.82, 2.24) is 5.32 Å². The Labute approximate surface area is 86.0 Å². The second-order valence-corrected chi connectivity index (χ2v) is 5.90. The second-order valence-electron chi connectivity index (χ2n) is 5.90. The van der Waals surface area contributed by atoms with E-state index < -0.39 is 0 Å². The first kappa shape index (κ1) is 7.92. The van der Waals surface area contributed by atoms with Crippen LogP contribution in [0.1, 0.15) is 32.1 Å².